The van der Waals surface area contributed by atoms with Crippen molar-refractivity contribution in [3.8, 4) is 11.5 Å². The summed E-state index contributed by atoms with van der Waals surface area (Å²) in [5.41, 5.74) is 1.64. The number of amides is 1. The van der Waals surface area contributed by atoms with Crippen LogP contribution in [0.1, 0.15) is 28.9 Å². The predicted molar refractivity (Wildman–Crippen MR) is 74.9 cm³/mol. The standard InChI is InChI=1S/C16H15NO3/c1-11(12-5-3-2-4-6-12)17-16(18)13-7-8-14-15(9-13)20-10-19-14/h2-9,11H,10H2,1H3,(H,17,18)/t11-/m0/s1. The summed E-state index contributed by atoms with van der Waals surface area (Å²) in [6.45, 7) is 2.17. The van der Waals surface area contributed by atoms with Gasteiger partial charge in [0.15, 0.2) is 11.5 Å². The first-order valence-electron chi connectivity index (χ1n) is 6.49. The van der Waals surface area contributed by atoms with Crippen LogP contribution in [0.3, 0.4) is 0 Å². The molecule has 1 aliphatic rings. The Morgan fingerprint density at radius 2 is 1.85 bits per heavy atom. The molecule has 2 aromatic carbocycles. The topological polar surface area (TPSA) is 47.6 Å². The molecule has 2 aromatic rings. The Balaban J connectivity index is 1.73. The number of carbonyl (C=O) groups excluding carboxylic acids is 1. The largest absolute Gasteiger partial charge is 0.454 e. The summed E-state index contributed by atoms with van der Waals surface area (Å²) in [5.74, 6) is 1.17. The van der Waals surface area contributed by atoms with Crippen molar-refractivity contribution in [3.63, 3.8) is 0 Å². The Hall–Kier alpha value is -2.49. The van der Waals surface area contributed by atoms with Gasteiger partial charge >= 0.3 is 0 Å². The second-order valence-electron chi connectivity index (χ2n) is 4.67. The lowest BCUT2D eigenvalue weighted by molar-refractivity contribution is 0.0939. The Morgan fingerprint density at radius 3 is 2.65 bits per heavy atom. The third kappa shape index (κ3) is 2.45. The summed E-state index contributed by atoms with van der Waals surface area (Å²) in [6, 6.07) is 15.0. The summed E-state index contributed by atoms with van der Waals surface area (Å²) in [7, 11) is 0. The first kappa shape index (κ1) is 12.5. The van der Waals surface area contributed by atoms with Crippen molar-refractivity contribution < 1.29 is 14.3 Å². The van der Waals surface area contributed by atoms with Crippen LogP contribution >= 0.6 is 0 Å². The summed E-state index contributed by atoms with van der Waals surface area (Å²) < 4.78 is 10.5. The van der Waals surface area contributed by atoms with E-state index in [9.17, 15) is 4.79 Å². The number of benzene rings is 2. The van der Waals surface area contributed by atoms with Crippen LogP contribution in [0.4, 0.5) is 0 Å². The molecule has 0 bridgehead atoms. The highest BCUT2D eigenvalue weighted by atomic mass is 16.7. The molecule has 0 unspecified atom stereocenters. The molecule has 20 heavy (non-hydrogen) atoms. The lowest BCUT2D eigenvalue weighted by Crippen LogP contribution is -2.26. The van der Waals surface area contributed by atoms with Crippen LogP contribution in [0.2, 0.25) is 0 Å². The van der Waals surface area contributed by atoms with Crippen molar-refractivity contribution in [2.45, 2.75) is 13.0 Å². The van der Waals surface area contributed by atoms with Gasteiger partial charge < -0.3 is 14.8 Å². The summed E-state index contributed by atoms with van der Waals surface area (Å²) >= 11 is 0. The molecule has 1 amide bonds. The molecule has 0 spiro atoms. The zero-order valence-corrected chi connectivity index (χ0v) is 11.1. The smallest absolute Gasteiger partial charge is 0.251 e. The van der Waals surface area contributed by atoms with Gasteiger partial charge in [0.25, 0.3) is 5.91 Å². The van der Waals surface area contributed by atoms with E-state index in [0.29, 0.717) is 17.1 Å². The molecule has 0 aromatic heterocycles. The van der Waals surface area contributed by atoms with Gasteiger partial charge in [-0.1, -0.05) is 30.3 Å². The van der Waals surface area contributed by atoms with E-state index in [4.69, 9.17) is 9.47 Å². The minimum Gasteiger partial charge on any atom is -0.454 e. The van der Waals surface area contributed by atoms with Crippen molar-refractivity contribution >= 4 is 5.91 Å². The first-order valence-corrected chi connectivity index (χ1v) is 6.49. The van der Waals surface area contributed by atoms with E-state index in [1.165, 1.54) is 0 Å². The van der Waals surface area contributed by atoms with Crippen molar-refractivity contribution in [3.05, 3.63) is 59.7 Å². The molecule has 3 rings (SSSR count). The molecule has 1 N–H and O–H groups in total. The summed E-state index contributed by atoms with van der Waals surface area (Å²) in [4.78, 5) is 12.2. The minimum atomic E-state index is -0.125. The Morgan fingerprint density at radius 1 is 1.10 bits per heavy atom. The van der Waals surface area contributed by atoms with E-state index >= 15 is 0 Å². The maximum Gasteiger partial charge on any atom is 0.251 e. The Labute approximate surface area is 117 Å². The second kappa shape index (κ2) is 5.25. The maximum atomic E-state index is 12.2. The van der Waals surface area contributed by atoms with Gasteiger partial charge in [-0.15, -0.1) is 0 Å². The quantitative estimate of drug-likeness (QED) is 0.932. The molecule has 4 nitrogen and oxygen atoms in total. The van der Waals surface area contributed by atoms with Crippen LogP contribution in [0, 0.1) is 0 Å². The molecule has 1 heterocycles. The van der Waals surface area contributed by atoms with Gasteiger partial charge in [-0.3, -0.25) is 4.79 Å². The summed E-state index contributed by atoms with van der Waals surface area (Å²) in [5, 5.41) is 2.97. The van der Waals surface area contributed by atoms with Crippen LogP contribution in [-0.4, -0.2) is 12.7 Å². The highest BCUT2D eigenvalue weighted by Crippen LogP contribution is 2.32. The molecule has 4 heteroatoms. The van der Waals surface area contributed by atoms with E-state index in [2.05, 4.69) is 5.32 Å². The molecule has 1 aliphatic heterocycles. The number of fused-ring (bicyclic) bond motifs is 1. The van der Waals surface area contributed by atoms with Crippen LogP contribution in [0.15, 0.2) is 48.5 Å². The number of ether oxygens (including phenoxy) is 2. The van der Waals surface area contributed by atoms with Gasteiger partial charge in [0, 0.05) is 5.56 Å². The minimum absolute atomic E-state index is 0.0471. The van der Waals surface area contributed by atoms with Gasteiger partial charge in [-0.25, -0.2) is 0 Å². The van der Waals surface area contributed by atoms with E-state index in [1.54, 1.807) is 18.2 Å². The van der Waals surface area contributed by atoms with Crippen molar-refractivity contribution in [1.82, 2.24) is 5.32 Å². The maximum absolute atomic E-state index is 12.2. The van der Waals surface area contributed by atoms with Gasteiger partial charge in [0.05, 0.1) is 6.04 Å². The zero-order valence-electron chi connectivity index (χ0n) is 11.1. The number of hydrogen-bond acceptors (Lipinski definition) is 3. The average Bonchev–Trinajstić information content (AvgIpc) is 2.95. The van der Waals surface area contributed by atoms with E-state index in [-0.39, 0.29) is 18.7 Å². The van der Waals surface area contributed by atoms with Crippen molar-refractivity contribution in [2.24, 2.45) is 0 Å². The van der Waals surface area contributed by atoms with Gasteiger partial charge in [-0.2, -0.15) is 0 Å². The lowest BCUT2D eigenvalue weighted by Gasteiger charge is -2.14. The van der Waals surface area contributed by atoms with E-state index in [1.807, 2.05) is 37.3 Å². The predicted octanol–water partition coefficient (Wildman–Crippen LogP) is 2.91. The van der Waals surface area contributed by atoms with Gasteiger partial charge in [-0.05, 0) is 30.7 Å². The van der Waals surface area contributed by atoms with E-state index < -0.39 is 0 Å². The van der Waals surface area contributed by atoms with Crippen molar-refractivity contribution in [2.75, 3.05) is 6.79 Å². The van der Waals surface area contributed by atoms with Crippen LogP contribution < -0.4 is 14.8 Å². The Kier molecular flexibility index (Phi) is 3.29. The van der Waals surface area contributed by atoms with Crippen LogP contribution in [-0.2, 0) is 0 Å². The number of carbonyl (C=O) groups is 1. The van der Waals surface area contributed by atoms with E-state index in [0.717, 1.165) is 5.56 Å². The fourth-order valence-corrected chi connectivity index (χ4v) is 2.14. The molecule has 0 radical (unpaired) electrons. The fraction of sp³-hybridized carbons (Fsp3) is 0.188. The summed E-state index contributed by atoms with van der Waals surface area (Å²) in [6.07, 6.45) is 0. The zero-order chi connectivity index (χ0) is 13.9. The molecular formula is C16H15NO3. The Bertz CT molecular complexity index is 625. The average molecular weight is 269 g/mol. The molecular weight excluding hydrogens is 254 g/mol. The molecule has 102 valence electrons. The fourth-order valence-electron chi connectivity index (χ4n) is 2.14. The molecule has 0 fully saturated rings. The first-order chi connectivity index (χ1) is 9.74. The van der Waals surface area contributed by atoms with Gasteiger partial charge in [0.1, 0.15) is 0 Å². The monoisotopic (exact) mass is 269 g/mol. The van der Waals surface area contributed by atoms with Gasteiger partial charge in [0.2, 0.25) is 6.79 Å². The number of nitrogens with one attached hydrogen (secondary N) is 1. The number of hydrogen-bond donors (Lipinski definition) is 1. The molecule has 0 aliphatic carbocycles. The molecule has 1 atom stereocenters. The third-order valence-electron chi connectivity index (χ3n) is 3.28. The second-order valence-corrected chi connectivity index (χ2v) is 4.67. The molecule has 0 saturated heterocycles. The third-order valence-corrected chi connectivity index (χ3v) is 3.28. The van der Waals surface area contributed by atoms with Crippen LogP contribution in [0.5, 0.6) is 11.5 Å². The molecule has 0 saturated carbocycles. The van der Waals surface area contributed by atoms with Crippen LogP contribution in [0.25, 0.3) is 0 Å². The normalized spacial score (nSPS) is 13.8. The number of rotatable bonds is 3. The van der Waals surface area contributed by atoms with Crippen molar-refractivity contribution in [1.29, 1.82) is 0 Å². The highest BCUT2D eigenvalue weighted by Gasteiger charge is 2.17. The lowest BCUT2D eigenvalue weighted by atomic mass is 10.1. The highest BCUT2D eigenvalue weighted by molar-refractivity contribution is 5.95. The SMILES string of the molecule is C[C@H](NC(=O)c1ccc2c(c1)OCO2)c1ccccc1.